The molecule has 0 saturated carbocycles. The third-order valence-corrected chi connectivity index (χ3v) is 19.2. The number of nitrogens with one attached hydrogen (secondary N) is 2. The SMILES string of the molecule is CCCS(=O)(=O)Cc1nnc(Nc2c3c(cc4c2CCC4)CCC3)n1COCC[Si](C)(C)C.CCCSCc1nnc(Nc2c3c(cc4c2CCC4)CCC3)n1COCC[Si](C)(C)C. The quantitative estimate of drug-likeness (QED) is 0.0575. The first-order chi connectivity index (χ1) is 30.6. The fourth-order valence-corrected chi connectivity index (χ4v) is 13.2. The Morgan fingerprint density at radius 2 is 1.03 bits per heavy atom. The first kappa shape index (κ1) is 48.9. The molecule has 0 atom stereocenters. The molecule has 2 aromatic carbocycles. The first-order valence-corrected chi connectivity index (χ1v) is 34.7. The highest BCUT2D eigenvalue weighted by atomic mass is 32.2. The minimum absolute atomic E-state index is 0.113. The van der Waals surface area contributed by atoms with E-state index in [1.165, 1.54) is 109 Å². The van der Waals surface area contributed by atoms with Gasteiger partial charge in [0.1, 0.15) is 25.0 Å². The molecule has 8 rings (SSSR count). The van der Waals surface area contributed by atoms with Crippen LogP contribution in [0.15, 0.2) is 12.1 Å². The summed E-state index contributed by atoms with van der Waals surface area (Å²) in [7, 11) is -5.56. The van der Waals surface area contributed by atoms with Crippen molar-refractivity contribution in [2.24, 2.45) is 0 Å². The Morgan fingerprint density at radius 3 is 1.44 bits per heavy atom. The van der Waals surface area contributed by atoms with Crippen molar-refractivity contribution in [1.29, 1.82) is 0 Å². The number of fused-ring (bicyclic) bond motifs is 4. The van der Waals surface area contributed by atoms with Gasteiger partial charge in [-0.25, -0.2) is 8.42 Å². The van der Waals surface area contributed by atoms with Crippen LogP contribution in [0.25, 0.3) is 0 Å². The lowest BCUT2D eigenvalue weighted by Crippen LogP contribution is -2.22. The van der Waals surface area contributed by atoms with Crippen LogP contribution in [0.3, 0.4) is 0 Å². The normalized spacial score (nSPS) is 15.5. The van der Waals surface area contributed by atoms with Crippen LogP contribution >= 0.6 is 11.8 Å². The lowest BCUT2D eigenvalue weighted by atomic mass is 9.99. The standard InChI is InChI=1S/C24H38N4O3SSi.C24H38N4OSSi/c1-5-13-32(29,30)16-22-26-27-24(28(22)17-31-12-14-33(2,3)4)25-23-20-10-6-8-18(20)15-19-9-7-11-21(19)23;1-5-13-30-16-22-26-27-24(28(22)17-29-12-14-31(2,3)4)25-23-20-10-6-8-18(20)15-19-9-7-11-21(19)23/h15H,5-14,16-17H2,1-4H3,(H,25,27);15H,5-14,16-17H2,1-4H3,(H,25,27). The second kappa shape index (κ2) is 21.7. The lowest BCUT2D eigenvalue weighted by Gasteiger charge is -2.19. The zero-order valence-electron chi connectivity index (χ0n) is 40.3. The van der Waals surface area contributed by atoms with E-state index in [4.69, 9.17) is 9.47 Å². The lowest BCUT2D eigenvalue weighted by molar-refractivity contribution is 0.0867. The Morgan fingerprint density at radius 1 is 0.609 bits per heavy atom. The van der Waals surface area contributed by atoms with Crippen LogP contribution in [0.4, 0.5) is 23.3 Å². The predicted octanol–water partition coefficient (Wildman–Crippen LogP) is 10.6. The van der Waals surface area contributed by atoms with Crippen molar-refractivity contribution in [3.05, 3.63) is 68.3 Å². The first-order valence-electron chi connectivity index (χ1n) is 24.3. The van der Waals surface area contributed by atoms with Gasteiger partial charge in [-0.05, 0) is 152 Å². The molecule has 352 valence electrons. The number of aromatic nitrogens is 6. The van der Waals surface area contributed by atoms with E-state index in [0.717, 1.165) is 61.6 Å². The smallest absolute Gasteiger partial charge is 0.231 e. The third-order valence-electron chi connectivity index (χ3n) is 13.0. The topological polar surface area (TPSA) is 138 Å². The van der Waals surface area contributed by atoms with Crippen molar-refractivity contribution in [3.63, 3.8) is 0 Å². The van der Waals surface area contributed by atoms with Gasteiger partial charge in [-0.1, -0.05) is 65.3 Å². The minimum Gasteiger partial charge on any atom is -0.361 e. The summed E-state index contributed by atoms with van der Waals surface area (Å²) in [6, 6.07) is 7.12. The van der Waals surface area contributed by atoms with Crippen molar-refractivity contribution in [2.75, 3.05) is 35.4 Å². The highest BCUT2D eigenvalue weighted by Crippen LogP contribution is 2.41. The van der Waals surface area contributed by atoms with Gasteiger partial charge in [0.2, 0.25) is 11.9 Å². The molecule has 0 radical (unpaired) electrons. The molecule has 16 heteroatoms. The number of hydrogen-bond donors (Lipinski definition) is 2. The molecule has 0 aliphatic heterocycles. The fourth-order valence-electron chi connectivity index (χ4n) is 9.45. The van der Waals surface area contributed by atoms with Crippen LogP contribution in [0.2, 0.25) is 51.4 Å². The molecule has 0 fully saturated rings. The van der Waals surface area contributed by atoms with Crippen LogP contribution in [-0.4, -0.2) is 78.8 Å². The zero-order valence-corrected chi connectivity index (χ0v) is 43.9. The molecular formula is C48H76N8O4S2Si2. The molecule has 0 bridgehead atoms. The maximum absolute atomic E-state index is 12.6. The number of thioether (sulfide) groups is 1. The summed E-state index contributed by atoms with van der Waals surface area (Å²) < 4.78 is 41.2. The van der Waals surface area contributed by atoms with Crippen LogP contribution in [0, 0.1) is 0 Å². The van der Waals surface area contributed by atoms with Crippen LogP contribution in [0.5, 0.6) is 0 Å². The van der Waals surface area contributed by atoms with Crippen molar-refractivity contribution in [2.45, 2.75) is 180 Å². The number of aryl methyl sites for hydroxylation is 4. The number of hydrogen-bond acceptors (Lipinski definition) is 11. The van der Waals surface area contributed by atoms with E-state index >= 15 is 0 Å². The number of nitrogens with zero attached hydrogens (tertiary/aromatic N) is 6. The number of rotatable bonds is 22. The average molecular weight is 949 g/mol. The minimum atomic E-state index is -3.24. The van der Waals surface area contributed by atoms with Crippen molar-refractivity contribution in [3.8, 4) is 0 Å². The van der Waals surface area contributed by atoms with Gasteiger partial charge in [0, 0.05) is 40.7 Å². The van der Waals surface area contributed by atoms with E-state index in [2.05, 4.69) is 93.9 Å². The Bertz CT molecular complexity index is 2270. The second-order valence-electron chi connectivity index (χ2n) is 20.8. The summed E-state index contributed by atoms with van der Waals surface area (Å²) in [6.45, 7) is 20.5. The van der Waals surface area contributed by atoms with Gasteiger partial charge >= 0.3 is 0 Å². The van der Waals surface area contributed by atoms with E-state index in [0.29, 0.717) is 31.5 Å². The molecule has 2 aromatic heterocycles. The molecule has 0 saturated heterocycles. The Labute approximate surface area is 390 Å². The van der Waals surface area contributed by atoms with Crippen molar-refractivity contribution < 1.29 is 17.9 Å². The summed E-state index contributed by atoms with van der Waals surface area (Å²) in [5.41, 5.74) is 14.3. The summed E-state index contributed by atoms with van der Waals surface area (Å²) in [6.07, 6.45) is 15.8. The van der Waals surface area contributed by atoms with E-state index in [1.807, 2.05) is 23.3 Å². The van der Waals surface area contributed by atoms with Crippen molar-refractivity contribution in [1.82, 2.24) is 29.5 Å². The maximum atomic E-state index is 12.6. The number of ether oxygens (including phenoxy) is 2. The Hall–Kier alpha value is -3.03. The molecule has 0 unspecified atom stereocenters. The third kappa shape index (κ3) is 12.7. The molecular weight excluding hydrogens is 873 g/mol. The molecule has 0 spiro atoms. The monoisotopic (exact) mass is 948 g/mol. The summed E-state index contributed by atoms with van der Waals surface area (Å²) in [5.74, 6) is 4.95. The summed E-state index contributed by atoms with van der Waals surface area (Å²) in [5, 5.41) is 25.2. The van der Waals surface area contributed by atoms with Gasteiger partial charge in [-0.15, -0.1) is 20.4 Å². The van der Waals surface area contributed by atoms with E-state index in [1.54, 1.807) is 11.1 Å². The summed E-state index contributed by atoms with van der Waals surface area (Å²) in [4.78, 5) is 0. The van der Waals surface area contributed by atoms with Gasteiger partial charge in [-0.3, -0.25) is 9.13 Å². The molecule has 4 aliphatic carbocycles. The molecule has 0 amide bonds. The van der Waals surface area contributed by atoms with Crippen LogP contribution < -0.4 is 10.6 Å². The molecule has 12 nitrogen and oxygen atoms in total. The van der Waals surface area contributed by atoms with E-state index in [-0.39, 0.29) is 18.2 Å². The maximum Gasteiger partial charge on any atom is 0.231 e. The van der Waals surface area contributed by atoms with E-state index in [9.17, 15) is 8.42 Å². The zero-order chi connectivity index (χ0) is 45.5. The predicted molar refractivity (Wildman–Crippen MR) is 270 cm³/mol. The van der Waals surface area contributed by atoms with Crippen LogP contribution in [0.1, 0.15) is 109 Å². The van der Waals surface area contributed by atoms with E-state index < -0.39 is 26.0 Å². The fraction of sp³-hybridized carbons (Fsp3) is 0.667. The molecule has 4 aromatic rings. The Balaban J connectivity index is 0.000000192. The van der Waals surface area contributed by atoms with Gasteiger partial charge in [0.25, 0.3) is 0 Å². The molecule has 64 heavy (non-hydrogen) atoms. The highest BCUT2D eigenvalue weighted by Gasteiger charge is 2.28. The number of anilines is 4. The largest absolute Gasteiger partial charge is 0.361 e. The molecule has 2 N–H and O–H groups in total. The van der Waals surface area contributed by atoms with Gasteiger partial charge < -0.3 is 20.1 Å². The highest BCUT2D eigenvalue weighted by molar-refractivity contribution is 7.98. The number of sulfone groups is 1. The van der Waals surface area contributed by atoms with Gasteiger partial charge in [0.05, 0.1) is 11.5 Å². The number of benzene rings is 2. The van der Waals surface area contributed by atoms with Crippen LogP contribution in [-0.2, 0) is 95.6 Å². The summed E-state index contributed by atoms with van der Waals surface area (Å²) >= 11 is 1.92. The molecule has 2 heterocycles. The van der Waals surface area contributed by atoms with Crippen molar-refractivity contribution >= 4 is 61.0 Å². The Kier molecular flexibility index (Phi) is 16.6. The van der Waals surface area contributed by atoms with Gasteiger partial charge in [0.15, 0.2) is 15.7 Å². The average Bonchev–Trinajstić information content (AvgIpc) is 4.09. The van der Waals surface area contributed by atoms with Gasteiger partial charge in [-0.2, -0.15) is 11.8 Å². The second-order valence-corrected chi connectivity index (χ2v) is 35.3. The molecule has 4 aliphatic rings.